The van der Waals surface area contributed by atoms with E-state index in [1.165, 1.54) is 4.68 Å². The van der Waals surface area contributed by atoms with Gasteiger partial charge in [0.15, 0.2) is 0 Å². The molecule has 0 radical (unpaired) electrons. The fraction of sp³-hybridized carbons (Fsp3) is 0.231. The highest BCUT2D eigenvalue weighted by Gasteiger charge is 2.34. The van der Waals surface area contributed by atoms with Crippen LogP contribution in [0, 0.1) is 0 Å². The summed E-state index contributed by atoms with van der Waals surface area (Å²) in [4.78, 5) is 11.3. The molecule has 1 saturated carbocycles. The first-order chi connectivity index (χ1) is 9.08. The first kappa shape index (κ1) is 12.7. The molecule has 0 bridgehead atoms. The summed E-state index contributed by atoms with van der Waals surface area (Å²) in [5.74, 6) is -0.782. The molecule has 4 nitrogen and oxygen atoms in total. The van der Waals surface area contributed by atoms with E-state index in [4.69, 9.17) is 11.6 Å². The highest BCUT2D eigenvalue weighted by atomic mass is 79.9. The molecule has 1 N–H and O–H groups in total. The number of nitrogens with zero attached hydrogens (tertiary/aromatic N) is 2. The van der Waals surface area contributed by atoms with Crippen LogP contribution in [-0.4, -0.2) is 20.9 Å². The maximum absolute atomic E-state index is 11.3. The van der Waals surface area contributed by atoms with Crippen LogP contribution >= 0.6 is 27.5 Å². The van der Waals surface area contributed by atoms with Crippen molar-refractivity contribution in [3.05, 3.63) is 45.1 Å². The minimum atomic E-state index is -1.02. The number of rotatable bonds is 3. The summed E-state index contributed by atoms with van der Waals surface area (Å²) in [6, 6.07) is 7.41. The molecule has 98 valence electrons. The third kappa shape index (κ3) is 2.28. The summed E-state index contributed by atoms with van der Waals surface area (Å²) in [6.45, 7) is 0. The first-order valence-electron chi connectivity index (χ1n) is 5.85. The lowest BCUT2D eigenvalue weighted by molar-refractivity contribution is 0.0696. The van der Waals surface area contributed by atoms with E-state index in [1.54, 1.807) is 0 Å². The lowest BCUT2D eigenvalue weighted by atomic mass is 10.2. The largest absolute Gasteiger partial charge is 0.478 e. The zero-order valence-corrected chi connectivity index (χ0v) is 12.1. The monoisotopic (exact) mass is 340 g/mol. The molecule has 19 heavy (non-hydrogen) atoms. The molecule has 0 aliphatic heterocycles. The molecule has 2 aromatic rings. The summed E-state index contributed by atoms with van der Waals surface area (Å²) in [5, 5.41) is 13.8. The molecule has 0 spiro atoms. The minimum absolute atomic E-state index is 0.132. The molecule has 1 aromatic carbocycles. The third-order valence-corrected chi connectivity index (χ3v) is 3.98. The van der Waals surface area contributed by atoms with E-state index in [0.717, 1.165) is 23.0 Å². The van der Waals surface area contributed by atoms with E-state index >= 15 is 0 Å². The van der Waals surface area contributed by atoms with Crippen molar-refractivity contribution in [2.24, 2.45) is 0 Å². The number of aromatic carboxylic acids is 1. The van der Waals surface area contributed by atoms with Gasteiger partial charge in [0.05, 0.1) is 11.4 Å². The van der Waals surface area contributed by atoms with Gasteiger partial charge >= 0.3 is 5.97 Å². The van der Waals surface area contributed by atoms with Crippen LogP contribution in [0.25, 0.3) is 5.69 Å². The summed E-state index contributed by atoms with van der Waals surface area (Å²) >= 11 is 9.53. The minimum Gasteiger partial charge on any atom is -0.478 e. The van der Waals surface area contributed by atoms with Gasteiger partial charge in [-0.2, -0.15) is 5.10 Å². The molecule has 6 heteroatoms. The molecule has 3 rings (SSSR count). The maximum Gasteiger partial charge on any atom is 0.340 e. The van der Waals surface area contributed by atoms with E-state index < -0.39 is 5.97 Å². The van der Waals surface area contributed by atoms with Gasteiger partial charge in [-0.1, -0.05) is 27.5 Å². The predicted molar refractivity (Wildman–Crippen MR) is 75.2 cm³/mol. The Kier molecular flexibility index (Phi) is 3.11. The van der Waals surface area contributed by atoms with Crippen molar-refractivity contribution in [3.63, 3.8) is 0 Å². The fourth-order valence-electron chi connectivity index (χ4n) is 2.01. The Labute approximate surface area is 123 Å². The Bertz CT molecular complexity index is 647. The number of carboxylic acid groups (broad SMARTS) is 1. The average Bonchev–Trinajstić information content (AvgIpc) is 3.14. The number of carboxylic acids is 1. The van der Waals surface area contributed by atoms with E-state index in [0.29, 0.717) is 5.69 Å². The number of aromatic nitrogens is 2. The van der Waals surface area contributed by atoms with Crippen molar-refractivity contribution < 1.29 is 9.90 Å². The maximum atomic E-state index is 11.3. The van der Waals surface area contributed by atoms with Crippen LogP contribution < -0.4 is 0 Å². The Morgan fingerprint density at radius 2 is 2.00 bits per heavy atom. The van der Waals surface area contributed by atoms with Crippen LogP contribution in [0.2, 0.25) is 5.15 Å². The topological polar surface area (TPSA) is 55.1 Å². The Hall–Kier alpha value is -1.33. The third-order valence-electron chi connectivity index (χ3n) is 3.11. The van der Waals surface area contributed by atoms with E-state index in [1.807, 2.05) is 24.3 Å². The SMILES string of the molecule is O=C(O)c1c(C2CC2)nn(-c2ccc(Br)cc2)c1Cl. The second-order valence-electron chi connectivity index (χ2n) is 4.52. The lowest BCUT2D eigenvalue weighted by Crippen LogP contribution is -1.99. The van der Waals surface area contributed by atoms with Crippen LogP contribution in [0.3, 0.4) is 0 Å². The Morgan fingerprint density at radius 3 is 2.53 bits per heavy atom. The predicted octanol–water partition coefficient (Wildman–Crippen LogP) is 3.86. The van der Waals surface area contributed by atoms with Gasteiger partial charge in [-0.25, -0.2) is 9.48 Å². The summed E-state index contributed by atoms with van der Waals surface area (Å²) in [7, 11) is 0. The van der Waals surface area contributed by atoms with E-state index in [-0.39, 0.29) is 16.6 Å². The van der Waals surface area contributed by atoms with Crippen molar-refractivity contribution >= 4 is 33.5 Å². The number of hydrogen-bond donors (Lipinski definition) is 1. The second-order valence-corrected chi connectivity index (χ2v) is 5.79. The molecule has 1 fully saturated rings. The molecular formula is C13H10BrClN2O2. The van der Waals surface area contributed by atoms with Crippen molar-refractivity contribution in [1.29, 1.82) is 0 Å². The molecule has 1 heterocycles. The Balaban J connectivity index is 2.14. The van der Waals surface area contributed by atoms with Gasteiger partial charge < -0.3 is 5.11 Å². The van der Waals surface area contributed by atoms with Crippen molar-refractivity contribution in [3.8, 4) is 5.69 Å². The number of halogens is 2. The highest BCUT2D eigenvalue weighted by Crippen LogP contribution is 2.43. The highest BCUT2D eigenvalue weighted by molar-refractivity contribution is 9.10. The summed E-state index contributed by atoms with van der Waals surface area (Å²) in [6.07, 6.45) is 1.96. The smallest absolute Gasteiger partial charge is 0.340 e. The molecule has 0 atom stereocenters. The second kappa shape index (κ2) is 4.65. The van der Waals surface area contributed by atoms with Gasteiger partial charge in [-0.15, -0.1) is 0 Å². The molecule has 0 amide bonds. The zero-order chi connectivity index (χ0) is 13.6. The summed E-state index contributed by atoms with van der Waals surface area (Å²) < 4.78 is 2.44. The van der Waals surface area contributed by atoms with Crippen LogP contribution in [-0.2, 0) is 0 Å². The van der Waals surface area contributed by atoms with Crippen molar-refractivity contribution in [2.45, 2.75) is 18.8 Å². The van der Waals surface area contributed by atoms with Gasteiger partial charge in [-0.3, -0.25) is 0 Å². The quantitative estimate of drug-likeness (QED) is 0.922. The van der Waals surface area contributed by atoms with Crippen LogP contribution in [0.5, 0.6) is 0 Å². The van der Waals surface area contributed by atoms with E-state index in [2.05, 4.69) is 21.0 Å². The first-order valence-corrected chi connectivity index (χ1v) is 7.02. The molecule has 1 aliphatic carbocycles. The van der Waals surface area contributed by atoms with Crippen LogP contribution in [0.4, 0.5) is 0 Å². The molecule has 0 saturated heterocycles. The standard InChI is InChI=1S/C13H10BrClN2O2/c14-8-3-5-9(6-4-8)17-12(15)10(13(18)19)11(16-17)7-1-2-7/h3-7H,1-2H2,(H,18,19). The number of benzene rings is 1. The van der Waals surface area contributed by atoms with Gasteiger partial charge in [0.1, 0.15) is 10.7 Å². The lowest BCUT2D eigenvalue weighted by Gasteiger charge is -2.02. The van der Waals surface area contributed by atoms with Gasteiger partial charge in [0.25, 0.3) is 0 Å². The molecule has 1 aromatic heterocycles. The van der Waals surface area contributed by atoms with Gasteiger partial charge in [-0.05, 0) is 37.1 Å². The summed E-state index contributed by atoms with van der Waals surface area (Å²) in [5.41, 5.74) is 1.48. The number of hydrogen-bond acceptors (Lipinski definition) is 2. The zero-order valence-electron chi connectivity index (χ0n) is 9.81. The van der Waals surface area contributed by atoms with Gasteiger partial charge in [0.2, 0.25) is 0 Å². The molecule has 1 aliphatic rings. The molecule has 0 unspecified atom stereocenters. The van der Waals surface area contributed by atoms with E-state index in [9.17, 15) is 9.90 Å². The normalized spacial score (nSPS) is 14.6. The van der Waals surface area contributed by atoms with Gasteiger partial charge in [0, 0.05) is 10.4 Å². The van der Waals surface area contributed by atoms with Crippen molar-refractivity contribution in [1.82, 2.24) is 9.78 Å². The fourth-order valence-corrected chi connectivity index (χ4v) is 2.58. The average molecular weight is 342 g/mol. The van der Waals surface area contributed by atoms with Crippen LogP contribution in [0.15, 0.2) is 28.7 Å². The molecular weight excluding hydrogens is 332 g/mol. The van der Waals surface area contributed by atoms with Crippen molar-refractivity contribution in [2.75, 3.05) is 0 Å². The number of carbonyl (C=O) groups is 1. The van der Waals surface area contributed by atoms with Crippen LogP contribution in [0.1, 0.15) is 34.8 Å². The Morgan fingerprint density at radius 1 is 1.37 bits per heavy atom.